The maximum Gasteiger partial charge on any atom is 0.229 e. The van der Waals surface area contributed by atoms with Crippen LogP contribution >= 0.6 is 0 Å². The van der Waals surface area contributed by atoms with Gasteiger partial charge in [0, 0.05) is 32.2 Å². The van der Waals surface area contributed by atoms with Crippen molar-refractivity contribution < 1.29 is 13.9 Å². The number of hydrogen-bond donors (Lipinski definition) is 1. The topological polar surface area (TPSA) is 58.8 Å². The van der Waals surface area contributed by atoms with Crippen LogP contribution in [0, 0.1) is 11.7 Å². The quantitative estimate of drug-likeness (QED) is 0.860. The molecule has 2 fully saturated rings. The van der Waals surface area contributed by atoms with E-state index in [2.05, 4.69) is 0 Å². The van der Waals surface area contributed by atoms with Gasteiger partial charge in [-0.15, -0.1) is 0 Å². The molecule has 1 aromatic rings. The van der Waals surface area contributed by atoms with Crippen LogP contribution in [0.1, 0.15) is 0 Å². The smallest absolute Gasteiger partial charge is 0.229 e. The molecule has 0 radical (unpaired) electrons. The molecule has 2 saturated heterocycles. The minimum atomic E-state index is -0.231. The predicted molar refractivity (Wildman–Crippen MR) is 77.5 cm³/mol. The zero-order valence-electron chi connectivity index (χ0n) is 11.9. The molecule has 6 heteroatoms. The molecule has 2 N–H and O–H groups in total. The van der Waals surface area contributed by atoms with Crippen molar-refractivity contribution in [2.45, 2.75) is 6.04 Å². The Hall–Kier alpha value is -1.66. The third-order valence-electron chi connectivity index (χ3n) is 4.23. The van der Waals surface area contributed by atoms with E-state index in [1.165, 1.54) is 6.07 Å². The van der Waals surface area contributed by atoms with Crippen molar-refractivity contribution in [3.05, 3.63) is 30.1 Å². The molecule has 21 heavy (non-hydrogen) atoms. The molecule has 2 unspecified atom stereocenters. The van der Waals surface area contributed by atoms with Crippen molar-refractivity contribution in [1.29, 1.82) is 0 Å². The molecule has 3 rings (SSSR count). The van der Waals surface area contributed by atoms with Gasteiger partial charge in [-0.25, -0.2) is 4.39 Å². The van der Waals surface area contributed by atoms with E-state index >= 15 is 0 Å². The molecule has 2 heterocycles. The predicted octanol–water partition coefficient (Wildman–Crippen LogP) is 0.448. The summed E-state index contributed by atoms with van der Waals surface area (Å²) in [5, 5.41) is 0. The van der Waals surface area contributed by atoms with Crippen LogP contribution in [0.5, 0.6) is 0 Å². The molecular formula is C15H20FN3O2. The van der Waals surface area contributed by atoms with E-state index < -0.39 is 0 Å². The number of rotatable bonds is 2. The third-order valence-corrected chi connectivity index (χ3v) is 4.23. The number of nitrogens with zero attached hydrogens (tertiary/aromatic N) is 2. The Labute approximate surface area is 123 Å². The normalized spacial score (nSPS) is 26.2. The first-order chi connectivity index (χ1) is 10.2. The molecule has 0 aliphatic carbocycles. The van der Waals surface area contributed by atoms with Crippen molar-refractivity contribution >= 4 is 11.6 Å². The SMILES string of the molecule is NC1COCC1C(=O)N1CCN(c2ccccc2F)CC1. The second kappa shape index (κ2) is 5.99. The number of amides is 1. The van der Waals surface area contributed by atoms with E-state index in [-0.39, 0.29) is 23.7 Å². The van der Waals surface area contributed by atoms with Gasteiger partial charge < -0.3 is 20.3 Å². The number of para-hydroxylation sites is 1. The summed E-state index contributed by atoms with van der Waals surface area (Å²) in [5.41, 5.74) is 6.49. The summed E-state index contributed by atoms with van der Waals surface area (Å²) in [4.78, 5) is 16.2. The third kappa shape index (κ3) is 2.87. The van der Waals surface area contributed by atoms with Gasteiger partial charge in [-0.3, -0.25) is 4.79 Å². The summed E-state index contributed by atoms with van der Waals surface area (Å²) in [7, 11) is 0. The van der Waals surface area contributed by atoms with Crippen LogP contribution in [-0.2, 0) is 9.53 Å². The number of hydrogen-bond acceptors (Lipinski definition) is 4. The lowest BCUT2D eigenvalue weighted by Crippen LogP contribution is -2.52. The lowest BCUT2D eigenvalue weighted by atomic mass is 10.0. The summed E-state index contributed by atoms with van der Waals surface area (Å²) in [6.45, 7) is 3.32. The van der Waals surface area contributed by atoms with Crippen molar-refractivity contribution in [3.63, 3.8) is 0 Å². The minimum absolute atomic E-state index is 0.0631. The highest BCUT2D eigenvalue weighted by Gasteiger charge is 2.35. The number of benzene rings is 1. The molecule has 0 spiro atoms. The monoisotopic (exact) mass is 293 g/mol. The van der Waals surface area contributed by atoms with Gasteiger partial charge in [-0.1, -0.05) is 12.1 Å². The van der Waals surface area contributed by atoms with E-state index in [9.17, 15) is 9.18 Å². The summed E-state index contributed by atoms with van der Waals surface area (Å²) in [6.07, 6.45) is 0. The fourth-order valence-corrected chi connectivity index (χ4v) is 2.94. The first-order valence-electron chi connectivity index (χ1n) is 7.28. The first-order valence-corrected chi connectivity index (χ1v) is 7.28. The van der Waals surface area contributed by atoms with Crippen LogP contribution in [0.2, 0.25) is 0 Å². The maximum atomic E-state index is 13.8. The highest BCUT2D eigenvalue weighted by atomic mass is 19.1. The molecule has 0 aromatic heterocycles. The van der Waals surface area contributed by atoms with Crippen LogP contribution in [-0.4, -0.2) is 56.2 Å². The van der Waals surface area contributed by atoms with Crippen molar-refractivity contribution in [2.24, 2.45) is 11.7 Å². The molecule has 5 nitrogen and oxygen atoms in total. The first kappa shape index (κ1) is 14.3. The van der Waals surface area contributed by atoms with Crippen LogP contribution in [0.15, 0.2) is 24.3 Å². The van der Waals surface area contributed by atoms with E-state index in [1.54, 1.807) is 12.1 Å². The minimum Gasteiger partial charge on any atom is -0.379 e. The zero-order chi connectivity index (χ0) is 14.8. The molecule has 2 atom stereocenters. The lowest BCUT2D eigenvalue weighted by Gasteiger charge is -2.37. The Morgan fingerprint density at radius 2 is 1.90 bits per heavy atom. The molecule has 1 amide bonds. The number of anilines is 1. The van der Waals surface area contributed by atoms with Crippen molar-refractivity contribution in [2.75, 3.05) is 44.3 Å². The highest BCUT2D eigenvalue weighted by molar-refractivity contribution is 5.80. The zero-order valence-corrected chi connectivity index (χ0v) is 11.9. The molecule has 2 aliphatic rings. The van der Waals surface area contributed by atoms with E-state index in [0.29, 0.717) is 45.1 Å². The van der Waals surface area contributed by atoms with E-state index in [0.717, 1.165) is 0 Å². The van der Waals surface area contributed by atoms with Crippen LogP contribution in [0.25, 0.3) is 0 Å². The maximum absolute atomic E-state index is 13.8. The number of halogens is 1. The molecule has 0 saturated carbocycles. The summed E-state index contributed by atoms with van der Waals surface area (Å²) >= 11 is 0. The number of carbonyl (C=O) groups excluding carboxylic acids is 1. The standard InChI is InChI=1S/C15H20FN3O2/c16-12-3-1-2-4-14(12)18-5-7-19(8-6-18)15(20)11-9-21-10-13(11)17/h1-4,11,13H,5-10,17H2. The summed E-state index contributed by atoms with van der Waals surface area (Å²) in [5.74, 6) is -0.387. The van der Waals surface area contributed by atoms with Gasteiger partial charge in [-0.2, -0.15) is 0 Å². The van der Waals surface area contributed by atoms with Crippen LogP contribution < -0.4 is 10.6 Å². The van der Waals surface area contributed by atoms with Gasteiger partial charge in [-0.05, 0) is 12.1 Å². The van der Waals surface area contributed by atoms with Gasteiger partial charge in [0.05, 0.1) is 24.8 Å². The second-order valence-electron chi connectivity index (χ2n) is 5.57. The Balaban J connectivity index is 1.60. The molecular weight excluding hydrogens is 273 g/mol. The fourth-order valence-electron chi connectivity index (χ4n) is 2.94. The lowest BCUT2D eigenvalue weighted by molar-refractivity contribution is -0.136. The van der Waals surface area contributed by atoms with Crippen molar-refractivity contribution in [3.8, 4) is 0 Å². The Morgan fingerprint density at radius 1 is 1.19 bits per heavy atom. The number of ether oxygens (including phenoxy) is 1. The summed E-state index contributed by atoms with van der Waals surface area (Å²) in [6, 6.07) is 6.53. The van der Waals surface area contributed by atoms with Crippen LogP contribution in [0.3, 0.4) is 0 Å². The largest absolute Gasteiger partial charge is 0.379 e. The van der Waals surface area contributed by atoms with Gasteiger partial charge >= 0.3 is 0 Å². The molecule has 1 aromatic carbocycles. The Bertz CT molecular complexity index is 517. The van der Waals surface area contributed by atoms with Gasteiger partial charge in [0.25, 0.3) is 0 Å². The average Bonchev–Trinajstić information content (AvgIpc) is 2.93. The number of nitrogens with two attached hydrogens (primary N) is 1. The summed E-state index contributed by atoms with van der Waals surface area (Å²) < 4.78 is 19.0. The van der Waals surface area contributed by atoms with E-state index in [1.807, 2.05) is 15.9 Å². The highest BCUT2D eigenvalue weighted by Crippen LogP contribution is 2.22. The molecule has 114 valence electrons. The average molecular weight is 293 g/mol. The Kier molecular flexibility index (Phi) is 4.07. The molecule has 2 aliphatic heterocycles. The van der Waals surface area contributed by atoms with Crippen LogP contribution in [0.4, 0.5) is 10.1 Å². The van der Waals surface area contributed by atoms with Gasteiger partial charge in [0.15, 0.2) is 0 Å². The molecule has 0 bridgehead atoms. The van der Waals surface area contributed by atoms with Crippen molar-refractivity contribution in [1.82, 2.24) is 4.90 Å². The number of piperazine rings is 1. The number of carbonyl (C=O) groups is 1. The van der Waals surface area contributed by atoms with Gasteiger partial charge in [0.2, 0.25) is 5.91 Å². The van der Waals surface area contributed by atoms with Gasteiger partial charge in [0.1, 0.15) is 5.82 Å². The second-order valence-corrected chi connectivity index (χ2v) is 5.57. The fraction of sp³-hybridized carbons (Fsp3) is 0.533. The van der Waals surface area contributed by atoms with E-state index in [4.69, 9.17) is 10.5 Å². The Morgan fingerprint density at radius 3 is 2.52 bits per heavy atom.